The number of thiocarbonyl (C=S) groups is 1. The van der Waals surface area contributed by atoms with Crippen LogP contribution in [0.25, 0.3) is 0 Å². The van der Waals surface area contributed by atoms with Crippen molar-refractivity contribution in [1.82, 2.24) is 5.32 Å². The molecule has 1 aromatic rings. The SMILES string of the molecule is C=CCNC(=S)Nc1ccc([N+](=O)[O-])cc1OC. The Morgan fingerprint density at radius 1 is 1.67 bits per heavy atom. The fraction of sp³-hybridized carbons (Fsp3) is 0.182. The van der Waals surface area contributed by atoms with E-state index < -0.39 is 4.92 Å². The smallest absolute Gasteiger partial charge is 0.273 e. The zero-order chi connectivity index (χ0) is 13.5. The average Bonchev–Trinajstić information content (AvgIpc) is 2.36. The van der Waals surface area contributed by atoms with Crippen molar-refractivity contribution in [3.8, 4) is 5.75 Å². The highest BCUT2D eigenvalue weighted by Gasteiger charge is 2.11. The number of non-ortho nitro benzene ring substituents is 1. The van der Waals surface area contributed by atoms with Gasteiger partial charge in [0.2, 0.25) is 0 Å². The van der Waals surface area contributed by atoms with Crippen LogP contribution in [-0.4, -0.2) is 23.7 Å². The molecule has 0 fully saturated rings. The van der Waals surface area contributed by atoms with Crippen molar-refractivity contribution in [3.05, 3.63) is 41.0 Å². The van der Waals surface area contributed by atoms with Crippen LogP contribution in [0.3, 0.4) is 0 Å². The van der Waals surface area contributed by atoms with E-state index in [2.05, 4.69) is 17.2 Å². The predicted molar refractivity (Wildman–Crippen MR) is 74.1 cm³/mol. The van der Waals surface area contributed by atoms with Gasteiger partial charge in [0.15, 0.2) is 5.11 Å². The minimum absolute atomic E-state index is 0.0395. The molecule has 1 aromatic carbocycles. The second-order valence-corrected chi connectivity index (χ2v) is 3.67. The first-order valence-corrected chi connectivity index (χ1v) is 5.47. The summed E-state index contributed by atoms with van der Waals surface area (Å²) in [6, 6.07) is 4.25. The molecule has 0 spiro atoms. The molecule has 0 unspecified atom stereocenters. The summed E-state index contributed by atoms with van der Waals surface area (Å²) in [4.78, 5) is 10.1. The molecule has 96 valence electrons. The lowest BCUT2D eigenvalue weighted by Crippen LogP contribution is -2.28. The Hall–Kier alpha value is -2.15. The zero-order valence-electron chi connectivity index (χ0n) is 9.80. The van der Waals surface area contributed by atoms with E-state index >= 15 is 0 Å². The maximum atomic E-state index is 10.6. The quantitative estimate of drug-likeness (QED) is 0.368. The number of anilines is 1. The van der Waals surface area contributed by atoms with Gasteiger partial charge in [-0.3, -0.25) is 10.1 Å². The number of methoxy groups -OCH3 is 1. The highest BCUT2D eigenvalue weighted by Crippen LogP contribution is 2.28. The Kier molecular flexibility index (Phi) is 5.06. The Labute approximate surface area is 110 Å². The zero-order valence-corrected chi connectivity index (χ0v) is 10.6. The van der Waals surface area contributed by atoms with Gasteiger partial charge in [-0.15, -0.1) is 6.58 Å². The molecule has 0 aliphatic carbocycles. The van der Waals surface area contributed by atoms with Gasteiger partial charge < -0.3 is 15.4 Å². The van der Waals surface area contributed by atoms with Crippen molar-refractivity contribution in [1.29, 1.82) is 0 Å². The van der Waals surface area contributed by atoms with E-state index in [4.69, 9.17) is 17.0 Å². The van der Waals surface area contributed by atoms with E-state index in [9.17, 15) is 10.1 Å². The van der Waals surface area contributed by atoms with Crippen LogP contribution in [0.4, 0.5) is 11.4 Å². The Morgan fingerprint density at radius 3 is 2.94 bits per heavy atom. The first kappa shape index (κ1) is 13.9. The molecule has 0 heterocycles. The maximum absolute atomic E-state index is 10.6. The average molecular weight is 267 g/mol. The van der Waals surface area contributed by atoms with Crippen LogP contribution in [0.1, 0.15) is 0 Å². The lowest BCUT2D eigenvalue weighted by atomic mass is 10.2. The fourth-order valence-electron chi connectivity index (χ4n) is 1.23. The molecule has 6 nitrogen and oxygen atoms in total. The van der Waals surface area contributed by atoms with Crippen LogP contribution in [0, 0.1) is 10.1 Å². The summed E-state index contributed by atoms with van der Waals surface area (Å²) in [5.41, 5.74) is 0.520. The maximum Gasteiger partial charge on any atom is 0.273 e. The van der Waals surface area contributed by atoms with E-state index in [1.165, 1.54) is 19.2 Å². The van der Waals surface area contributed by atoms with Crippen molar-refractivity contribution in [3.63, 3.8) is 0 Å². The first-order chi connectivity index (χ1) is 8.58. The molecule has 0 saturated heterocycles. The molecule has 0 atom stereocenters. The van der Waals surface area contributed by atoms with Crippen LogP contribution in [0.15, 0.2) is 30.9 Å². The topological polar surface area (TPSA) is 76.4 Å². The monoisotopic (exact) mass is 267 g/mol. The summed E-state index contributed by atoms with van der Waals surface area (Å²) in [5, 5.41) is 16.8. The van der Waals surface area contributed by atoms with Crippen molar-refractivity contribution < 1.29 is 9.66 Å². The third-order valence-corrected chi connectivity index (χ3v) is 2.30. The van der Waals surface area contributed by atoms with Crippen LogP contribution in [-0.2, 0) is 0 Å². The number of nitrogens with one attached hydrogen (secondary N) is 2. The summed E-state index contributed by atoms with van der Waals surface area (Å²) >= 11 is 5.03. The van der Waals surface area contributed by atoms with Crippen molar-refractivity contribution in [2.45, 2.75) is 0 Å². The van der Waals surface area contributed by atoms with Gasteiger partial charge in [0.25, 0.3) is 5.69 Å². The summed E-state index contributed by atoms with van der Waals surface area (Å²) < 4.78 is 5.07. The molecule has 0 saturated carbocycles. The number of nitro benzene ring substituents is 1. The van der Waals surface area contributed by atoms with Gasteiger partial charge >= 0.3 is 0 Å². The Morgan fingerprint density at radius 2 is 2.39 bits per heavy atom. The molecule has 0 aliphatic heterocycles. The third kappa shape index (κ3) is 3.70. The lowest BCUT2D eigenvalue weighted by Gasteiger charge is -2.12. The highest BCUT2D eigenvalue weighted by atomic mass is 32.1. The van der Waals surface area contributed by atoms with Crippen molar-refractivity contribution in [2.24, 2.45) is 0 Å². The van der Waals surface area contributed by atoms with Gasteiger partial charge in [-0.2, -0.15) is 0 Å². The highest BCUT2D eigenvalue weighted by molar-refractivity contribution is 7.80. The summed E-state index contributed by atoms with van der Waals surface area (Å²) in [6.07, 6.45) is 1.67. The number of benzene rings is 1. The Balaban J connectivity index is 2.85. The molecule has 0 aliphatic rings. The standard InChI is InChI=1S/C11H13N3O3S/c1-3-6-12-11(18)13-9-5-4-8(14(15)16)7-10(9)17-2/h3-5,7H,1,6H2,2H3,(H2,12,13,18). The second-order valence-electron chi connectivity index (χ2n) is 3.27. The molecular weight excluding hydrogens is 254 g/mol. The number of ether oxygens (including phenoxy) is 1. The number of hydrogen-bond acceptors (Lipinski definition) is 4. The molecule has 0 radical (unpaired) electrons. The minimum Gasteiger partial charge on any atom is -0.494 e. The number of nitrogens with zero attached hydrogens (tertiary/aromatic N) is 1. The fourth-order valence-corrected chi connectivity index (χ4v) is 1.42. The number of rotatable bonds is 5. The molecule has 0 bridgehead atoms. The molecule has 0 amide bonds. The van der Waals surface area contributed by atoms with Crippen molar-refractivity contribution >= 4 is 28.7 Å². The van der Waals surface area contributed by atoms with Gasteiger partial charge in [0.05, 0.1) is 23.8 Å². The van der Waals surface area contributed by atoms with Gasteiger partial charge in [-0.1, -0.05) is 6.08 Å². The largest absolute Gasteiger partial charge is 0.494 e. The number of nitro groups is 1. The van der Waals surface area contributed by atoms with Gasteiger partial charge in [-0.25, -0.2) is 0 Å². The van der Waals surface area contributed by atoms with Crippen LogP contribution in [0.2, 0.25) is 0 Å². The van der Waals surface area contributed by atoms with Gasteiger partial charge in [0, 0.05) is 12.6 Å². The Bertz CT molecular complexity index is 477. The third-order valence-electron chi connectivity index (χ3n) is 2.05. The molecule has 18 heavy (non-hydrogen) atoms. The second kappa shape index (κ2) is 6.55. The molecule has 2 N–H and O–H groups in total. The first-order valence-electron chi connectivity index (χ1n) is 5.06. The summed E-state index contributed by atoms with van der Waals surface area (Å²) in [7, 11) is 1.43. The van der Waals surface area contributed by atoms with Gasteiger partial charge in [0.1, 0.15) is 5.75 Å². The summed E-state index contributed by atoms with van der Waals surface area (Å²) in [5.74, 6) is 0.354. The molecule has 0 aromatic heterocycles. The molecular formula is C11H13N3O3S. The van der Waals surface area contributed by atoms with Gasteiger partial charge in [-0.05, 0) is 18.3 Å². The van der Waals surface area contributed by atoms with E-state index in [-0.39, 0.29) is 5.69 Å². The van der Waals surface area contributed by atoms with E-state index in [0.29, 0.717) is 23.1 Å². The van der Waals surface area contributed by atoms with Crippen LogP contribution in [0.5, 0.6) is 5.75 Å². The molecule has 7 heteroatoms. The van der Waals surface area contributed by atoms with Crippen LogP contribution >= 0.6 is 12.2 Å². The molecule has 1 rings (SSSR count). The number of hydrogen-bond donors (Lipinski definition) is 2. The normalized spacial score (nSPS) is 9.39. The van der Waals surface area contributed by atoms with Crippen LogP contribution < -0.4 is 15.4 Å². The van der Waals surface area contributed by atoms with E-state index in [1.807, 2.05) is 0 Å². The lowest BCUT2D eigenvalue weighted by molar-refractivity contribution is -0.384. The predicted octanol–water partition coefficient (Wildman–Crippen LogP) is 2.08. The van der Waals surface area contributed by atoms with E-state index in [0.717, 1.165) is 0 Å². The van der Waals surface area contributed by atoms with Crippen molar-refractivity contribution in [2.75, 3.05) is 19.0 Å². The summed E-state index contributed by atoms with van der Waals surface area (Å²) in [6.45, 7) is 4.08. The minimum atomic E-state index is -0.486. The van der Waals surface area contributed by atoms with E-state index in [1.54, 1.807) is 12.1 Å².